The lowest BCUT2D eigenvalue weighted by Crippen LogP contribution is -2.44. The van der Waals surface area contributed by atoms with Gasteiger partial charge in [0.15, 0.2) is 0 Å². The van der Waals surface area contributed by atoms with E-state index in [-0.39, 0.29) is 5.92 Å². The molecule has 0 aromatic rings. The molecule has 2 fully saturated rings. The van der Waals surface area contributed by atoms with Crippen molar-refractivity contribution < 1.29 is 4.74 Å². The lowest BCUT2D eigenvalue weighted by Gasteiger charge is -2.34. The topological polar surface area (TPSA) is 36.3 Å². The Morgan fingerprint density at radius 2 is 2.00 bits per heavy atom. The molecule has 1 aliphatic carbocycles. The van der Waals surface area contributed by atoms with Crippen molar-refractivity contribution in [2.45, 2.75) is 50.6 Å². The number of likely N-dealkylation sites (N-methyl/N-ethyl adjacent to an activating group) is 1. The lowest BCUT2D eigenvalue weighted by atomic mass is 9.94. The molecule has 2 aliphatic rings. The zero-order valence-electron chi connectivity index (χ0n) is 10.2. The van der Waals surface area contributed by atoms with Crippen LogP contribution >= 0.6 is 0 Å². The van der Waals surface area contributed by atoms with E-state index in [1.807, 2.05) is 0 Å². The van der Waals surface area contributed by atoms with Crippen LogP contribution in [-0.4, -0.2) is 37.2 Å². The first kappa shape index (κ1) is 11.9. The molecule has 2 rings (SSSR count). The standard InChI is InChI=1S/C13H22N2O/c1-15(12-7-8-16-10-12)13-6-4-2-3-5-11(13)9-14/h11-13H,2-8,10H2,1H3. The smallest absolute Gasteiger partial charge is 0.0672 e. The van der Waals surface area contributed by atoms with E-state index in [9.17, 15) is 5.26 Å². The Morgan fingerprint density at radius 3 is 2.69 bits per heavy atom. The molecule has 0 bridgehead atoms. The number of ether oxygens (including phenoxy) is 1. The molecule has 3 atom stereocenters. The van der Waals surface area contributed by atoms with Gasteiger partial charge in [-0.2, -0.15) is 5.26 Å². The third-order valence-corrected chi connectivity index (χ3v) is 4.15. The lowest BCUT2D eigenvalue weighted by molar-refractivity contribution is 0.111. The first-order valence-electron chi connectivity index (χ1n) is 6.52. The molecule has 1 saturated carbocycles. The third kappa shape index (κ3) is 2.56. The monoisotopic (exact) mass is 222 g/mol. The van der Waals surface area contributed by atoms with Crippen molar-refractivity contribution in [2.75, 3.05) is 20.3 Å². The zero-order chi connectivity index (χ0) is 11.4. The average molecular weight is 222 g/mol. The number of nitrogens with zero attached hydrogens (tertiary/aromatic N) is 2. The van der Waals surface area contributed by atoms with E-state index in [0.717, 1.165) is 26.1 Å². The van der Waals surface area contributed by atoms with Crippen molar-refractivity contribution in [3.05, 3.63) is 0 Å². The Balaban J connectivity index is 2.00. The van der Waals surface area contributed by atoms with Crippen LogP contribution in [0.25, 0.3) is 0 Å². The van der Waals surface area contributed by atoms with E-state index in [4.69, 9.17) is 4.74 Å². The fraction of sp³-hybridized carbons (Fsp3) is 0.923. The van der Waals surface area contributed by atoms with Crippen LogP contribution < -0.4 is 0 Å². The van der Waals surface area contributed by atoms with Crippen LogP contribution in [0.15, 0.2) is 0 Å². The summed E-state index contributed by atoms with van der Waals surface area (Å²) in [5.74, 6) is 0.230. The number of rotatable bonds is 2. The van der Waals surface area contributed by atoms with E-state index in [1.54, 1.807) is 0 Å². The second kappa shape index (κ2) is 5.65. The average Bonchev–Trinajstić information content (AvgIpc) is 2.73. The van der Waals surface area contributed by atoms with E-state index in [2.05, 4.69) is 18.0 Å². The van der Waals surface area contributed by atoms with Gasteiger partial charge in [0.2, 0.25) is 0 Å². The molecule has 0 aromatic heterocycles. The van der Waals surface area contributed by atoms with Gasteiger partial charge in [0.1, 0.15) is 0 Å². The van der Waals surface area contributed by atoms with Crippen molar-refractivity contribution in [3.63, 3.8) is 0 Å². The maximum atomic E-state index is 9.27. The van der Waals surface area contributed by atoms with Gasteiger partial charge in [-0.3, -0.25) is 4.90 Å². The fourth-order valence-electron chi connectivity index (χ4n) is 3.04. The Kier molecular flexibility index (Phi) is 4.20. The molecule has 0 radical (unpaired) electrons. The van der Waals surface area contributed by atoms with Crippen LogP contribution in [0.4, 0.5) is 0 Å². The van der Waals surface area contributed by atoms with Gasteiger partial charge >= 0.3 is 0 Å². The quantitative estimate of drug-likeness (QED) is 0.672. The summed E-state index contributed by atoms with van der Waals surface area (Å²) in [6.45, 7) is 1.74. The van der Waals surface area contributed by atoms with Crippen molar-refractivity contribution >= 4 is 0 Å². The molecule has 0 amide bonds. The number of hydrogen-bond donors (Lipinski definition) is 0. The minimum Gasteiger partial charge on any atom is -0.380 e. The summed E-state index contributed by atoms with van der Waals surface area (Å²) in [7, 11) is 2.18. The molecule has 3 heteroatoms. The van der Waals surface area contributed by atoms with E-state index in [1.165, 1.54) is 25.7 Å². The largest absolute Gasteiger partial charge is 0.380 e. The van der Waals surface area contributed by atoms with Gasteiger partial charge in [0, 0.05) is 18.7 Å². The second-order valence-electron chi connectivity index (χ2n) is 5.12. The third-order valence-electron chi connectivity index (χ3n) is 4.15. The van der Waals surface area contributed by atoms with Crippen LogP contribution in [0.5, 0.6) is 0 Å². The van der Waals surface area contributed by atoms with Gasteiger partial charge in [-0.05, 0) is 26.3 Å². The van der Waals surface area contributed by atoms with Crippen molar-refractivity contribution in [3.8, 4) is 6.07 Å². The Bertz CT molecular complexity index is 255. The van der Waals surface area contributed by atoms with Crippen molar-refractivity contribution in [1.82, 2.24) is 4.90 Å². The zero-order valence-corrected chi connectivity index (χ0v) is 10.2. The van der Waals surface area contributed by atoms with Crippen LogP contribution in [-0.2, 0) is 4.74 Å². The van der Waals surface area contributed by atoms with Gasteiger partial charge in [-0.15, -0.1) is 0 Å². The molecule has 1 aliphatic heterocycles. The molecule has 16 heavy (non-hydrogen) atoms. The molecule has 0 N–H and O–H groups in total. The van der Waals surface area contributed by atoms with Crippen LogP contribution in [0.1, 0.15) is 38.5 Å². The minimum absolute atomic E-state index is 0.230. The summed E-state index contributed by atoms with van der Waals surface area (Å²) in [5.41, 5.74) is 0. The van der Waals surface area contributed by atoms with Crippen molar-refractivity contribution in [1.29, 1.82) is 5.26 Å². The predicted octanol–water partition coefficient (Wildman–Crippen LogP) is 2.18. The minimum atomic E-state index is 0.230. The molecule has 1 heterocycles. The van der Waals surface area contributed by atoms with Crippen LogP contribution in [0.3, 0.4) is 0 Å². The van der Waals surface area contributed by atoms with Crippen molar-refractivity contribution in [2.24, 2.45) is 5.92 Å². The van der Waals surface area contributed by atoms with E-state index in [0.29, 0.717) is 12.1 Å². The molecule has 3 unspecified atom stereocenters. The summed E-state index contributed by atoms with van der Waals surface area (Å²) in [6.07, 6.45) is 7.20. The number of hydrogen-bond acceptors (Lipinski definition) is 3. The van der Waals surface area contributed by atoms with Gasteiger partial charge in [-0.25, -0.2) is 0 Å². The maximum Gasteiger partial charge on any atom is 0.0672 e. The molecule has 0 spiro atoms. The SMILES string of the molecule is CN(C1CCOC1)C1CCCCCC1C#N. The van der Waals surface area contributed by atoms with Gasteiger partial charge < -0.3 is 4.74 Å². The number of nitriles is 1. The highest BCUT2D eigenvalue weighted by molar-refractivity contribution is 4.95. The van der Waals surface area contributed by atoms with Crippen LogP contribution in [0.2, 0.25) is 0 Å². The fourth-order valence-corrected chi connectivity index (χ4v) is 3.04. The van der Waals surface area contributed by atoms with Gasteiger partial charge in [0.05, 0.1) is 18.6 Å². The first-order chi connectivity index (χ1) is 7.83. The highest BCUT2D eigenvalue weighted by atomic mass is 16.5. The first-order valence-corrected chi connectivity index (χ1v) is 6.52. The Hall–Kier alpha value is -0.590. The molecular weight excluding hydrogens is 200 g/mol. The van der Waals surface area contributed by atoms with Gasteiger partial charge in [0.25, 0.3) is 0 Å². The summed E-state index contributed by atoms with van der Waals surface area (Å²) in [4.78, 5) is 2.42. The summed E-state index contributed by atoms with van der Waals surface area (Å²) >= 11 is 0. The molecule has 0 aromatic carbocycles. The molecule has 3 nitrogen and oxygen atoms in total. The summed E-state index contributed by atoms with van der Waals surface area (Å²) in [5, 5.41) is 9.27. The Labute approximate surface area is 98.4 Å². The Morgan fingerprint density at radius 1 is 1.19 bits per heavy atom. The summed E-state index contributed by atoms with van der Waals surface area (Å²) < 4.78 is 5.44. The maximum absolute atomic E-state index is 9.27. The molecule has 1 saturated heterocycles. The normalized spacial score (nSPS) is 35.9. The van der Waals surface area contributed by atoms with Gasteiger partial charge in [-0.1, -0.05) is 19.3 Å². The van der Waals surface area contributed by atoms with E-state index >= 15 is 0 Å². The molecule has 90 valence electrons. The second-order valence-corrected chi connectivity index (χ2v) is 5.12. The summed E-state index contributed by atoms with van der Waals surface area (Å²) in [6, 6.07) is 3.51. The van der Waals surface area contributed by atoms with E-state index < -0.39 is 0 Å². The highest BCUT2D eigenvalue weighted by Crippen LogP contribution is 2.28. The highest BCUT2D eigenvalue weighted by Gasteiger charge is 2.32. The predicted molar refractivity (Wildman–Crippen MR) is 63.0 cm³/mol. The molecular formula is C13H22N2O. The van der Waals surface area contributed by atoms with Crippen LogP contribution in [0, 0.1) is 17.2 Å².